The molecule has 0 amide bonds. The highest BCUT2D eigenvalue weighted by atomic mass is 16.5. The number of ether oxygens (including phenoxy) is 1. The molecule has 0 radical (unpaired) electrons. The molecule has 15 heavy (non-hydrogen) atoms. The summed E-state index contributed by atoms with van der Waals surface area (Å²) in [5.41, 5.74) is 0. The summed E-state index contributed by atoms with van der Waals surface area (Å²) in [6.07, 6.45) is 7.92. The van der Waals surface area contributed by atoms with Crippen molar-refractivity contribution in [1.82, 2.24) is 0 Å². The smallest absolute Gasteiger partial charge is 0.0582 e. The first-order chi connectivity index (χ1) is 7.30. The number of hydrogen-bond donors (Lipinski definition) is 1. The zero-order valence-electron chi connectivity index (χ0n) is 10.2. The Morgan fingerprint density at radius 1 is 1.27 bits per heavy atom. The van der Waals surface area contributed by atoms with E-state index in [1.54, 1.807) is 0 Å². The number of rotatable bonds is 7. The van der Waals surface area contributed by atoms with Crippen molar-refractivity contribution >= 4 is 0 Å². The monoisotopic (exact) mass is 214 g/mol. The first kappa shape index (κ1) is 13.0. The Morgan fingerprint density at radius 3 is 2.40 bits per heavy atom. The van der Waals surface area contributed by atoms with Crippen LogP contribution in [-0.2, 0) is 4.74 Å². The predicted octanol–water partition coefficient (Wildman–Crippen LogP) is 2.99. The van der Waals surface area contributed by atoms with Gasteiger partial charge >= 0.3 is 0 Å². The van der Waals surface area contributed by atoms with Crippen LogP contribution in [0.3, 0.4) is 0 Å². The second kappa shape index (κ2) is 7.24. The van der Waals surface area contributed by atoms with E-state index in [-0.39, 0.29) is 0 Å². The molecular formula is C13H26O2. The molecule has 0 spiro atoms. The average molecular weight is 214 g/mol. The lowest BCUT2D eigenvalue weighted by Crippen LogP contribution is -2.13. The summed E-state index contributed by atoms with van der Waals surface area (Å²) in [5.74, 6) is 1.24. The van der Waals surface area contributed by atoms with Gasteiger partial charge in [-0.05, 0) is 18.8 Å². The molecule has 1 heterocycles. The second-order valence-corrected chi connectivity index (χ2v) is 4.92. The molecule has 0 aromatic rings. The molecule has 2 atom stereocenters. The summed E-state index contributed by atoms with van der Waals surface area (Å²) >= 11 is 0. The van der Waals surface area contributed by atoms with E-state index in [0.717, 1.165) is 18.9 Å². The van der Waals surface area contributed by atoms with Gasteiger partial charge in [0.15, 0.2) is 0 Å². The van der Waals surface area contributed by atoms with Crippen LogP contribution in [-0.4, -0.2) is 24.4 Å². The highest BCUT2D eigenvalue weighted by Gasteiger charge is 2.26. The van der Waals surface area contributed by atoms with Crippen LogP contribution in [0.2, 0.25) is 0 Å². The fourth-order valence-electron chi connectivity index (χ4n) is 2.64. The van der Waals surface area contributed by atoms with Crippen LogP contribution in [0.1, 0.15) is 52.4 Å². The molecule has 1 rings (SSSR count). The van der Waals surface area contributed by atoms with Gasteiger partial charge < -0.3 is 9.84 Å². The van der Waals surface area contributed by atoms with Crippen LogP contribution in [0.4, 0.5) is 0 Å². The van der Waals surface area contributed by atoms with Crippen LogP contribution in [0.5, 0.6) is 0 Å². The van der Waals surface area contributed by atoms with Crippen molar-refractivity contribution in [3.8, 4) is 0 Å². The normalized spacial score (nSPS) is 26.4. The standard InChI is InChI=1S/C13H26O2/c1-3-5-11(6-4-2)7-13-8-12(9-14)10-15-13/h11-14H,3-10H2,1-2H3. The zero-order chi connectivity index (χ0) is 11.1. The highest BCUT2D eigenvalue weighted by Crippen LogP contribution is 2.28. The van der Waals surface area contributed by atoms with E-state index in [1.165, 1.54) is 32.1 Å². The number of hydrogen-bond acceptors (Lipinski definition) is 2. The molecule has 1 N–H and O–H groups in total. The molecule has 2 unspecified atom stereocenters. The third-order valence-corrected chi connectivity index (χ3v) is 3.41. The van der Waals surface area contributed by atoms with Crippen LogP contribution >= 0.6 is 0 Å². The van der Waals surface area contributed by atoms with Gasteiger partial charge in [-0.15, -0.1) is 0 Å². The molecule has 0 bridgehead atoms. The molecule has 1 aliphatic rings. The lowest BCUT2D eigenvalue weighted by atomic mass is 9.90. The van der Waals surface area contributed by atoms with Crippen molar-refractivity contribution in [2.75, 3.05) is 13.2 Å². The van der Waals surface area contributed by atoms with E-state index in [0.29, 0.717) is 18.6 Å². The molecule has 90 valence electrons. The van der Waals surface area contributed by atoms with Gasteiger partial charge in [0.2, 0.25) is 0 Å². The topological polar surface area (TPSA) is 29.5 Å². The molecule has 0 saturated carbocycles. The fraction of sp³-hybridized carbons (Fsp3) is 1.00. The van der Waals surface area contributed by atoms with Crippen LogP contribution in [0, 0.1) is 11.8 Å². The van der Waals surface area contributed by atoms with Gasteiger partial charge in [0, 0.05) is 12.5 Å². The third-order valence-electron chi connectivity index (χ3n) is 3.41. The fourth-order valence-corrected chi connectivity index (χ4v) is 2.64. The Balaban J connectivity index is 2.25. The van der Waals surface area contributed by atoms with Gasteiger partial charge in [0.05, 0.1) is 12.7 Å². The molecule has 0 aromatic carbocycles. The van der Waals surface area contributed by atoms with Gasteiger partial charge in [-0.3, -0.25) is 0 Å². The van der Waals surface area contributed by atoms with E-state index < -0.39 is 0 Å². The second-order valence-electron chi connectivity index (χ2n) is 4.92. The van der Waals surface area contributed by atoms with Crippen molar-refractivity contribution in [2.24, 2.45) is 11.8 Å². The molecule has 1 aliphatic heterocycles. The maximum absolute atomic E-state index is 9.04. The largest absolute Gasteiger partial charge is 0.396 e. The molecule has 1 fully saturated rings. The van der Waals surface area contributed by atoms with Crippen molar-refractivity contribution in [3.05, 3.63) is 0 Å². The Kier molecular flexibility index (Phi) is 6.26. The highest BCUT2D eigenvalue weighted by molar-refractivity contribution is 4.75. The molecule has 1 saturated heterocycles. The predicted molar refractivity (Wildman–Crippen MR) is 62.9 cm³/mol. The van der Waals surface area contributed by atoms with Gasteiger partial charge in [-0.25, -0.2) is 0 Å². The molecule has 0 aromatic heterocycles. The summed E-state index contributed by atoms with van der Waals surface area (Å²) < 4.78 is 5.72. The maximum Gasteiger partial charge on any atom is 0.0582 e. The van der Waals surface area contributed by atoms with Crippen molar-refractivity contribution < 1.29 is 9.84 Å². The first-order valence-corrected chi connectivity index (χ1v) is 6.52. The Hall–Kier alpha value is -0.0800. The lowest BCUT2D eigenvalue weighted by Gasteiger charge is -2.19. The van der Waals surface area contributed by atoms with Crippen molar-refractivity contribution in [3.63, 3.8) is 0 Å². The van der Waals surface area contributed by atoms with Crippen LogP contribution < -0.4 is 0 Å². The lowest BCUT2D eigenvalue weighted by molar-refractivity contribution is 0.0803. The zero-order valence-corrected chi connectivity index (χ0v) is 10.2. The summed E-state index contributed by atoms with van der Waals surface area (Å²) in [4.78, 5) is 0. The SMILES string of the molecule is CCCC(CCC)CC1CC(CO)CO1. The van der Waals surface area contributed by atoms with Gasteiger partial charge in [0.25, 0.3) is 0 Å². The minimum absolute atomic E-state index is 0.294. The van der Waals surface area contributed by atoms with Crippen LogP contribution in [0.25, 0.3) is 0 Å². The number of aliphatic hydroxyl groups is 1. The quantitative estimate of drug-likeness (QED) is 0.706. The average Bonchev–Trinajstić information content (AvgIpc) is 2.66. The van der Waals surface area contributed by atoms with Crippen LogP contribution in [0.15, 0.2) is 0 Å². The maximum atomic E-state index is 9.04. The van der Waals surface area contributed by atoms with Gasteiger partial charge in [0.1, 0.15) is 0 Å². The van der Waals surface area contributed by atoms with E-state index in [2.05, 4.69) is 13.8 Å². The third kappa shape index (κ3) is 4.52. The Labute approximate surface area is 94.0 Å². The Morgan fingerprint density at radius 2 is 1.93 bits per heavy atom. The summed E-state index contributed by atoms with van der Waals surface area (Å²) in [5, 5.41) is 9.04. The Bertz CT molecular complexity index is 153. The summed E-state index contributed by atoms with van der Waals surface area (Å²) in [6.45, 7) is 5.58. The van der Waals surface area contributed by atoms with E-state index in [4.69, 9.17) is 9.84 Å². The number of aliphatic hydroxyl groups excluding tert-OH is 1. The molecule has 0 aliphatic carbocycles. The first-order valence-electron chi connectivity index (χ1n) is 6.52. The van der Waals surface area contributed by atoms with Crippen molar-refractivity contribution in [1.29, 1.82) is 0 Å². The molecular weight excluding hydrogens is 188 g/mol. The van der Waals surface area contributed by atoms with Crippen molar-refractivity contribution in [2.45, 2.75) is 58.5 Å². The van der Waals surface area contributed by atoms with E-state index in [1.807, 2.05) is 0 Å². The van der Waals surface area contributed by atoms with E-state index >= 15 is 0 Å². The van der Waals surface area contributed by atoms with Gasteiger partial charge in [-0.2, -0.15) is 0 Å². The minimum atomic E-state index is 0.294. The summed E-state index contributed by atoms with van der Waals surface area (Å²) in [7, 11) is 0. The van der Waals surface area contributed by atoms with E-state index in [9.17, 15) is 0 Å². The minimum Gasteiger partial charge on any atom is -0.396 e. The summed E-state index contributed by atoms with van der Waals surface area (Å²) in [6, 6.07) is 0. The molecule has 2 nitrogen and oxygen atoms in total. The molecule has 2 heteroatoms. The van der Waals surface area contributed by atoms with Gasteiger partial charge in [-0.1, -0.05) is 39.5 Å².